The number of carboxylic acid groups (broad SMARTS) is 2. The molecule has 0 aliphatic rings. The molecule has 0 bridgehead atoms. The summed E-state index contributed by atoms with van der Waals surface area (Å²) in [6.07, 6.45) is 0. The molecule has 0 radical (unpaired) electrons. The highest BCUT2D eigenvalue weighted by Crippen LogP contribution is 2.44. The maximum absolute atomic E-state index is 11.8. The van der Waals surface area contributed by atoms with Crippen LogP contribution in [0.3, 0.4) is 0 Å². The zero-order valence-corrected chi connectivity index (χ0v) is 24.7. The summed E-state index contributed by atoms with van der Waals surface area (Å²) in [5.74, 6) is -0.329. The molecule has 0 atom stereocenters. The number of aromatic nitrogens is 1. The molecule has 0 aliphatic heterocycles. The molecule has 5 aromatic rings. The monoisotopic (exact) mass is 615 g/mol. The maximum atomic E-state index is 11.8. The summed E-state index contributed by atoms with van der Waals surface area (Å²) in [6, 6.07) is 31.2. The predicted molar refractivity (Wildman–Crippen MR) is 170 cm³/mol. The number of carbonyl (C=O) groups is 2. The molecule has 2 N–H and O–H groups in total. The van der Waals surface area contributed by atoms with Gasteiger partial charge in [0.25, 0.3) is 0 Å². The van der Waals surface area contributed by atoms with E-state index in [9.17, 15) is 19.8 Å². The minimum Gasteiger partial charge on any atom is -0.487 e. The molecule has 0 saturated carbocycles. The number of pyridine rings is 1. The van der Waals surface area contributed by atoms with Crippen molar-refractivity contribution in [3.05, 3.63) is 142 Å². The van der Waals surface area contributed by atoms with E-state index in [4.69, 9.17) is 16.3 Å². The van der Waals surface area contributed by atoms with Crippen LogP contribution in [0.25, 0.3) is 10.9 Å². The average molecular weight is 616 g/mol. The van der Waals surface area contributed by atoms with Gasteiger partial charge in [-0.25, -0.2) is 14.6 Å². The van der Waals surface area contributed by atoms with E-state index in [1.165, 1.54) is 0 Å². The van der Waals surface area contributed by atoms with Gasteiger partial charge in [-0.3, -0.25) is 0 Å². The molecule has 0 unspecified atom stereocenters. The smallest absolute Gasteiger partial charge is 0.335 e. The standard InChI is InChI=1S/C33H26ClNO5S2/c34-25-14-12-21-13-15-26(35-30(21)17-25)18-40-27-9-5-8-22(16-27)33(41-19-23-6-1-3-10-28(23)31(36)37)42-20-24-7-2-4-11-29(24)32(38)39/h1-17,33H,18-20H2,(H,36,37)(H,38,39). The van der Waals surface area contributed by atoms with Crippen molar-refractivity contribution in [3.8, 4) is 5.75 Å². The molecule has 0 aliphatic carbocycles. The molecule has 0 spiro atoms. The van der Waals surface area contributed by atoms with Crippen molar-refractivity contribution in [1.82, 2.24) is 4.98 Å². The molecule has 1 aromatic heterocycles. The highest BCUT2D eigenvalue weighted by Gasteiger charge is 2.18. The van der Waals surface area contributed by atoms with E-state index in [0.29, 0.717) is 22.3 Å². The Morgan fingerprint density at radius 1 is 0.762 bits per heavy atom. The van der Waals surface area contributed by atoms with Crippen molar-refractivity contribution in [1.29, 1.82) is 0 Å². The number of thioether (sulfide) groups is 2. The first kappa shape index (κ1) is 29.5. The van der Waals surface area contributed by atoms with E-state index in [1.807, 2.05) is 78.9 Å². The van der Waals surface area contributed by atoms with Gasteiger partial charge in [0.05, 0.1) is 26.9 Å². The van der Waals surface area contributed by atoms with Crippen molar-refractivity contribution in [2.24, 2.45) is 0 Å². The van der Waals surface area contributed by atoms with Gasteiger partial charge < -0.3 is 14.9 Å². The molecule has 0 amide bonds. The van der Waals surface area contributed by atoms with Crippen molar-refractivity contribution in [2.75, 3.05) is 0 Å². The molecule has 9 heteroatoms. The van der Waals surface area contributed by atoms with Gasteiger partial charge in [-0.15, -0.1) is 23.5 Å². The number of rotatable bonds is 12. The van der Waals surface area contributed by atoms with Crippen molar-refractivity contribution in [2.45, 2.75) is 22.7 Å². The SMILES string of the molecule is O=C(O)c1ccccc1CSC(SCc1ccccc1C(=O)O)c1cccc(OCc2ccc3ccc(Cl)cc3n2)c1. The zero-order valence-electron chi connectivity index (χ0n) is 22.3. The van der Waals surface area contributed by atoms with Gasteiger partial charge in [0, 0.05) is 21.9 Å². The Labute approximate surface area is 256 Å². The molecule has 4 aromatic carbocycles. The first-order valence-corrected chi connectivity index (χ1v) is 15.5. The Kier molecular flexibility index (Phi) is 9.69. The largest absolute Gasteiger partial charge is 0.487 e. The molecule has 1 heterocycles. The van der Waals surface area contributed by atoms with E-state index < -0.39 is 11.9 Å². The lowest BCUT2D eigenvalue weighted by Gasteiger charge is -2.19. The third kappa shape index (κ3) is 7.45. The minimum absolute atomic E-state index is 0.127. The van der Waals surface area contributed by atoms with E-state index in [1.54, 1.807) is 47.8 Å². The lowest BCUT2D eigenvalue weighted by Crippen LogP contribution is -2.03. The van der Waals surface area contributed by atoms with Crippen molar-refractivity contribution >= 4 is 58.0 Å². The van der Waals surface area contributed by atoms with E-state index in [-0.39, 0.29) is 22.3 Å². The number of benzene rings is 4. The zero-order chi connectivity index (χ0) is 29.5. The molecule has 0 saturated heterocycles. The third-order valence-electron chi connectivity index (χ3n) is 6.50. The number of nitrogens with zero attached hydrogens (tertiary/aromatic N) is 1. The number of hydrogen-bond donors (Lipinski definition) is 2. The number of hydrogen-bond acceptors (Lipinski definition) is 6. The summed E-state index contributed by atoms with van der Waals surface area (Å²) >= 11 is 9.32. The van der Waals surface area contributed by atoms with Crippen LogP contribution >= 0.6 is 35.1 Å². The van der Waals surface area contributed by atoms with Crippen LogP contribution in [0.2, 0.25) is 5.02 Å². The van der Waals surface area contributed by atoms with Crippen molar-refractivity contribution in [3.63, 3.8) is 0 Å². The van der Waals surface area contributed by atoms with Crippen LogP contribution < -0.4 is 4.74 Å². The van der Waals surface area contributed by atoms with Gasteiger partial charge in [-0.05, 0) is 59.2 Å². The lowest BCUT2D eigenvalue weighted by molar-refractivity contribution is 0.0685. The van der Waals surface area contributed by atoms with Crippen LogP contribution in [0.15, 0.2) is 103 Å². The van der Waals surface area contributed by atoms with Crippen LogP contribution in [0, 0.1) is 0 Å². The number of carboxylic acids is 2. The van der Waals surface area contributed by atoms with E-state index in [2.05, 4.69) is 4.98 Å². The second-order valence-electron chi connectivity index (χ2n) is 9.38. The second kappa shape index (κ2) is 13.8. The molecule has 212 valence electrons. The molecule has 6 nitrogen and oxygen atoms in total. The van der Waals surface area contributed by atoms with Gasteiger partial charge in [0.2, 0.25) is 0 Å². The lowest BCUT2D eigenvalue weighted by atomic mass is 10.1. The van der Waals surface area contributed by atoms with Crippen LogP contribution in [0.5, 0.6) is 5.75 Å². The molecule has 0 fully saturated rings. The maximum Gasteiger partial charge on any atom is 0.335 e. The van der Waals surface area contributed by atoms with Crippen LogP contribution in [-0.2, 0) is 18.1 Å². The fraction of sp³-hybridized carbons (Fsp3) is 0.121. The Hall–Kier alpha value is -3.98. The summed E-state index contributed by atoms with van der Waals surface area (Å²) in [5.41, 5.74) is 4.53. The summed E-state index contributed by atoms with van der Waals surface area (Å²) < 4.78 is 5.99. The first-order valence-electron chi connectivity index (χ1n) is 13.0. The summed E-state index contributed by atoms with van der Waals surface area (Å²) in [7, 11) is 0. The summed E-state index contributed by atoms with van der Waals surface area (Å²) in [5, 5.41) is 20.9. The molecular formula is C33H26ClNO5S2. The number of aromatic carboxylic acids is 2. The van der Waals surface area contributed by atoms with Crippen LogP contribution in [0.1, 0.15) is 47.7 Å². The Morgan fingerprint density at radius 3 is 2.02 bits per heavy atom. The Bertz CT molecular complexity index is 1680. The van der Waals surface area contributed by atoms with E-state index in [0.717, 1.165) is 33.3 Å². The molecular weight excluding hydrogens is 590 g/mol. The predicted octanol–water partition coefficient (Wildman–Crippen LogP) is 8.73. The van der Waals surface area contributed by atoms with Gasteiger partial charge in [0.15, 0.2) is 0 Å². The quantitative estimate of drug-likeness (QED) is 0.134. The number of ether oxygens (including phenoxy) is 1. The van der Waals surface area contributed by atoms with Crippen LogP contribution in [0.4, 0.5) is 0 Å². The fourth-order valence-corrected chi connectivity index (χ4v) is 7.21. The van der Waals surface area contributed by atoms with Gasteiger partial charge in [0.1, 0.15) is 12.4 Å². The van der Waals surface area contributed by atoms with E-state index >= 15 is 0 Å². The van der Waals surface area contributed by atoms with Crippen LogP contribution in [-0.4, -0.2) is 27.1 Å². The fourth-order valence-electron chi connectivity index (χ4n) is 4.40. The first-order chi connectivity index (χ1) is 20.4. The Morgan fingerprint density at radius 2 is 1.38 bits per heavy atom. The van der Waals surface area contributed by atoms with Gasteiger partial charge in [-0.2, -0.15) is 0 Å². The molecule has 5 rings (SSSR count). The highest BCUT2D eigenvalue weighted by molar-refractivity contribution is 8.15. The summed E-state index contributed by atoms with van der Waals surface area (Å²) in [4.78, 5) is 28.2. The number of halogens is 1. The van der Waals surface area contributed by atoms with Gasteiger partial charge in [-0.1, -0.05) is 72.3 Å². The third-order valence-corrected chi connectivity index (χ3v) is 9.66. The molecule has 42 heavy (non-hydrogen) atoms. The van der Waals surface area contributed by atoms with Crippen molar-refractivity contribution < 1.29 is 24.5 Å². The summed E-state index contributed by atoms with van der Waals surface area (Å²) in [6.45, 7) is 0.273. The average Bonchev–Trinajstić information content (AvgIpc) is 3.00. The highest BCUT2D eigenvalue weighted by atomic mass is 35.5. The number of fused-ring (bicyclic) bond motifs is 1. The minimum atomic E-state index is -0.967. The normalized spacial score (nSPS) is 11.1. The topological polar surface area (TPSA) is 96.7 Å². The van der Waals surface area contributed by atoms with Gasteiger partial charge >= 0.3 is 11.9 Å². The Balaban J connectivity index is 1.36. The second-order valence-corrected chi connectivity index (χ2v) is 12.3.